The number of carbonyl (C=O) groups is 2. The van der Waals surface area contributed by atoms with Crippen LogP contribution in [-0.4, -0.2) is 52.4 Å². The van der Waals surface area contributed by atoms with E-state index in [-0.39, 0.29) is 17.6 Å². The average molecular weight is 399 g/mol. The van der Waals surface area contributed by atoms with Crippen molar-refractivity contribution in [3.63, 3.8) is 0 Å². The molecule has 1 aromatic carbocycles. The lowest BCUT2D eigenvalue weighted by molar-refractivity contribution is -0.133. The first-order valence-corrected chi connectivity index (χ1v) is 9.61. The van der Waals surface area contributed by atoms with Gasteiger partial charge in [-0.2, -0.15) is 0 Å². The number of rotatable bonds is 4. The van der Waals surface area contributed by atoms with Crippen molar-refractivity contribution in [3.05, 3.63) is 53.6 Å². The fourth-order valence-corrected chi connectivity index (χ4v) is 3.59. The number of nitrogens with one attached hydrogen (secondary N) is 2. The molecule has 3 rings (SSSR count). The van der Waals surface area contributed by atoms with Gasteiger partial charge in [-0.25, -0.2) is 9.18 Å². The molecule has 0 saturated carbocycles. The lowest BCUT2D eigenvalue weighted by atomic mass is 10.1. The molecule has 2 N–H and O–H groups in total. The highest BCUT2D eigenvalue weighted by molar-refractivity contribution is 5.99. The van der Waals surface area contributed by atoms with Crippen molar-refractivity contribution in [1.82, 2.24) is 14.8 Å². The number of halogens is 1. The van der Waals surface area contributed by atoms with E-state index in [4.69, 9.17) is 0 Å². The molecule has 154 valence electrons. The number of aromatic nitrogens is 1. The first kappa shape index (κ1) is 20.7. The lowest BCUT2D eigenvalue weighted by Crippen LogP contribution is -2.53. The van der Waals surface area contributed by atoms with Gasteiger partial charge in [0.25, 0.3) is 0 Å². The lowest BCUT2D eigenvalue weighted by Gasteiger charge is -2.39. The van der Waals surface area contributed by atoms with Crippen LogP contribution in [0.25, 0.3) is 0 Å². The Bertz CT molecular complexity index is 904. The molecule has 1 aliphatic rings. The van der Waals surface area contributed by atoms with Crippen molar-refractivity contribution < 1.29 is 14.0 Å². The van der Waals surface area contributed by atoms with E-state index in [2.05, 4.69) is 20.5 Å². The Kier molecular flexibility index (Phi) is 6.43. The Morgan fingerprint density at radius 3 is 2.72 bits per heavy atom. The zero-order chi connectivity index (χ0) is 21.0. The quantitative estimate of drug-likeness (QED) is 0.828. The molecule has 1 saturated heterocycles. The number of hydrogen-bond donors (Lipinski definition) is 2. The second-order valence-corrected chi connectivity index (χ2v) is 7.34. The number of pyridine rings is 1. The highest BCUT2D eigenvalue weighted by Gasteiger charge is 2.26. The van der Waals surface area contributed by atoms with Gasteiger partial charge >= 0.3 is 6.03 Å². The monoisotopic (exact) mass is 399 g/mol. The molecule has 2 heterocycles. The number of piperazine rings is 1. The van der Waals surface area contributed by atoms with Gasteiger partial charge in [-0.3, -0.25) is 14.7 Å². The van der Waals surface area contributed by atoms with Crippen molar-refractivity contribution in [2.45, 2.75) is 33.4 Å². The second-order valence-electron chi connectivity index (χ2n) is 7.34. The van der Waals surface area contributed by atoms with Crippen LogP contribution in [0, 0.1) is 12.7 Å². The van der Waals surface area contributed by atoms with Gasteiger partial charge in [0, 0.05) is 62.3 Å². The van der Waals surface area contributed by atoms with E-state index in [0.29, 0.717) is 37.4 Å². The molecular formula is C21H26FN5O2. The molecule has 0 aliphatic carbocycles. The summed E-state index contributed by atoms with van der Waals surface area (Å²) < 4.78 is 14.9. The van der Waals surface area contributed by atoms with Gasteiger partial charge in [-0.15, -0.1) is 0 Å². The third kappa shape index (κ3) is 5.29. The van der Waals surface area contributed by atoms with Crippen molar-refractivity contribution in [2.24, 2.45) is 0 Å². The van der Waals surface area contributed by atoms with E-state index in [1.807, 2.05) is 18.7 Å². The van der Waals surface area contributed by atoms with Gasteiger partial charge < -0.3 is 15.5 Å². The molecule has 29 heavy (non-hydrogen) atoms. The van der Waals surface area contributed by atoms with Gasteiger partial charge in [0.2, 0.25) is 5.91 Å². The first-order chi connectivity index (χ1) is 13.8. The maximum Gasteiger partial charge on any atom is 0.323 e. The Labute approximate surface area is 169 Å². The van der Waals surface area contributed by atoms with Crippen LogP contribution < -0.4 is 10.6 Å². The van der Waals surface area contributed by atoms with Crippen LogP contribution >= 0.6 is 0 Å². The topological polar surface area (TPSA) is 77.6 Å². The molecule has 7 nitrogen and oxygen atoms in total. The van der Waals surface area contributed by atoms with E-state index in [9.17, 15) is 14.0 Å². The summed E-state index contributed by atoms with van der Waals surface area (Å²) in [4.78, 5) is 31.9. The standard InChI is InChI=1S/C21H26FN5O2/c1-14-11-18(7-8-23-14)24-21(29)25-19-6-4-5-17(20(19)22)13-26-9-10-27(16(3)28)15(2)12-26/h4-8,11,15H,9-10,12-13H2,1-3H3,(H2,23,24,25,29)/t15-/m1/s1. The Balaban J connectivity index is 1.63. The van der Waals surface area contributed by atoms with E-state index in [1.54, 1.807) is 37.4 Å². The minimum atomic E-state index is -0.518. The molecular weight excluding hydrogens is 373 g/mol. The molecule has 0 unspecified atom stereocenters. The van der Waals surface area contributed by atoms with Crippen LogP contribution in [0.5, 0.6) is 0 Å². The number of carbonyl (C=O) groups excluding carboxylic acids is 2. The maximum atomic E-state index is 14.9. The normalized spacial score (nSPS) is 17.1. The summed E-state index contributed by atoms with van der Waals surface area (Å²) in [6.07, 6.45) is 1.60. The fraction of sp³-hybridized carbons (Fsp3) is 0.381. The highest BCUT2D eigenvalue weighted by atomic mass is 19.1. The van der Waals surface area contributed by atoms with Gasteiger partial charge in [-0.1, -0.05) is 12.1 Å². The smallest absolute Gasteiger partial charge is 0.323 e. The fourth-order valence-electron chi connectivity index (χ4n) is 3.59. The number of aryl methyl sites for hydroxylation is 1. The van der Waals surface area contributed by atoms with E-state index < -0.39 is 11.8 Å². The predicted molar refractivity (Wildman–Crippen MR) is 110 cm³/mol. The van der Waals surface area contributed by atoms with Gasteiger partial charge in [0.15, 0.2) is 5.82 Å². The summed E-state index contributed by atoms with van der Waals surface area (Å²) in [5, 5.41) is 5.25. The summed E-state index contributed by atoms with van der Waals surface area (Å²) in [7, 11) is 0. The SMILES string of the molecule is CC(=O)N1CCN(Cc2cccc(NC(=O)Nc3ccnc(C)c3)c2F)C[C@H]1C. The Morgan fingerprint density at radius 1 is 1.24 bits per heavy atom. The number of urea groups is 1. The largest absolute Gasteiger partial charge is 0.338 e. The summed E-state index contributed by atoms with van der Waals surface area (Å²) >= 11 is 0. The number of amides is 3. The van der Waals surface area contributed by atoms with Crippen LogP contribution in [0.1, 0.15) is 25.1 Å². The zero-order valence-corrected chi connectivity index (χ0v) is 16.9. The number of hydrogen-bond acceptors (Lipinski definition) is 4. The van der Waals surface area contributed by atoms with E-state index >= 15 is 0 Å². The van der Waals surface area contributed by atoms with Gasteiger partial charge in [-0.05, 0) is 32.0 Å². The molecule has 0 bridgehead atoms. The summed E-state index contributed by atoms with van der Waals surface area (Å²) in [6.45, 7) is 7.80. The van der Waals surface area contributed by atoms with Crippen LogP contribution in [0.15, 0.2) is 36.5 Å². The molecule has 0 radical (unpaired) electrons. The predicted octanol–water partition coefficient (Wildman–Crippen LogP) is 3.23. The molecule has 1 fully saturated rings. The molecule has 1 aliphatic heterocycles. The summed E-state index contributed by atoms with van der Waals surface area (Å²) in [5.41, 5.74) is 1.99. The molecule has 0 spiro atoms. The van der Waals surface area contributed by atoms with Crippen molar-refractivity contribution >= 4 is 23.3 Å². The third-order valence-corrected chi connectivity index (χ3v) is 4.99. The number of nitrogens with zero attached hydrogens (tertiary/aromatic N) is 3. The van der Waals surface area contributed by atoms with Crippen molar-refractivity contribution in [2.75, 3.05) is 30.3 Å². The van der Waals surface area contributed by atoms with E-state index in [0.717, 1.165) is 5.69 Å². The molecule has 2 aromatic rings. The molecule has 1 atom stereocenters. The van der Waals surface area contributed by atoms with Crippen LogP contribution in [-0.2, 0) is 11.3 Å². The molecule has 3 amide bonds. The van der Waals surface area contributed by atoms with Crippen LogP contribution in [0.3, 0.4) is 0 Å². The van der Waals surface area contributed by atoms with Crippen LogP contribution in [0.2, 0.25) is 0 Å². The van der Waals surface area contributed by atoms with Gasteiger partial charge in [0.05, 0.1) is 5.69 Å². The number of benzene rings is 1. The van der Waals surface area contributed by atoms with Crippen LogP contribution in [0.4, 0.5) is 20.6 Å². The minimum absolute atomic E-state index is 0.0601. The molecule has 8 heteroatoms. The summed E-state index contributed by atoms with van der Waals surface area (Å²) in [5.74, 6) is -0.389. The maximum absolute atomic E-state index is 14.9. The van der Waals surface area contributed by atoms with Crippen molar-refractivity contribution in [1.29, 1.82) is 0 Å². The first-order valence-electron chi connectivity index (χ1n) is 9.61. The second kappa shape index (κ2) is 9.00. The summed E-state index contributed by atoms with van der Waals surface area (Å²) in [6, 6.07) is 7.93. The Hall–Kier alpha value is -3.00. The Morgan fingerprint density at radius 2 is 2.03 bits per heavy atom. The van der Waals surface area contributed by atoms with Gasteiger partial charge in [0.1, 0.15) is 0 Å². The van der Waals surface area contributed by atoms with E-state index in [1.165, 1.54) is 6.07 Å². The zero-order valence-electron chi connectivity index (χ0n) is 16.9. The van der Waals surface area contributed by atoms with Crippen molar-refractivity contribution in [3.8, 4) is 0 Å². The minimum Gasteiger partial charge on any atom is -0.338 e. The molecule has 1 aromatic heterocycles. The number of anilines is 2. The average Bonchev–Trinajstić information content (AvgIpc) is 2.65. The highest BCUT2D eigenvalue weighted by Crippen LogP contribution is 2.21. The third-order valence-electron chi connectivity index (χ3n) is 4.99.